The Labute approximate surface area is 222 Å². The molecular weight excluding hydrogens is 644 g/mol. The molecule has 0 saturated carbocycles. The number of carbonyl (C=O) groups excluding carboxylic acids is 1. The molecule has 0 bridgehead atoms. The van der Waals surface area contributed by atoms with Crippen molar-refractivity contribution >= 4 is 79.7 Å². The number of nitrogens with zero attached hydrogens (tertiary/aromatic N) is 1. The van der Waals surface area contributed by atoms with E-state index >= 15 is 0 Å². The number of methoxy groups -OCH3 is 1. The Bertz CT molecular complexity index is 1310. The Morgan fingerprint density at radius 3 is 2.67 bits per heavy atom. The van der Waals surface area contributed by atoms with Gasteiger partial charge >= 0.3 is 5.97 Å². The van der Waals surface area contributed by atoms with Gasteiger partial charge in [0.2, 0.25) is 5.90 Å². The lowest BCUT2D eigenvalue weighted by Gasteiger charge is -2.14. The van der Waals surface area contributed by atoms with E-state index < -0.39 is 5.97 Å². The highest BCUT2D eigenvalue weighted by Gasteiger charge is 2.26. The van der Waals surface area contributed by atoms with E-state index in [1.54, 1.807) is 37.5 Å². The second kappa shape index (κ2) is 10.5. The van der Waals surface area contributed by atoms with Crippen LogP contribution in [0.25, 0.3) is 6.08 Å². The number of carbonyl (C=O) groups is 1. The number of benzene rings is 3. The van der Waals surface area contributed by atoms with Crippen LogP contribution in [0.4, 0.5) is 0 Å². The highest BCUT2D eigenvalue weighted by molar-refractivity contribution is 14.1. The number of aliphatic imine (C=N–C) groups is 1. The van der Waals surface area contributed by atoms with Crippen LogP contribution >= 0.6 is 61.7 Å². The smallest absolute Gasteiger partial charge is 0.363 e. The van der Waals surface area contributed by atoms with Crippen LogP contribution in [0, 0.1) is 3.57 Å². The zero-order chi connectivity index (χ0) is 23.5. The van der Waals surface area contributed by atoms with E-state index in [0.717, 1.165) is 13.6 Å². The third kappa shape index (κ3) is 5.54. The molecule has 0 spiro atoms. The predicted octanol–water partition coefficient (Wildman–Crippen LogP) is 7.29. The van der Waals surface area contributed by atoms with Crippen molar-refractivity contribution in [2.45, 2.75) is 6.61 Å². The molecule has 0 aliphatic carbocycles. The lowest BCUT2D eigenvalue weighted by atomic mass is 10.1. The summed E-state index contributed by atoms with van der Waals surface area (Å²) in [7, 11) is 1.57. The first kappa shape index (κ1) is 24.1. The maximum atomic E-state index is 12.4. The molecule has 0 unspecified atom stereocenters. The summed E-state index contributed by atoms with van der Waals surface area (Å²) >= 11 is 17.9. The quantitative estimate of drug-likeness (QED) is 0.159. The molecule has 0 radical (unpaired) electrons. The van der Waals surface area contributed by atoms with Crippen molar-refractivity contribution in [3.63, 3.8) is 0 Å². The van der Waals surface area contributed by atoms with Crippen LogP contribution in [0.2, 0.25) is 10.0 Å². The molecule has 0 atom stereocenters. The fraction of sp³-hybridized carbons (Fsp3) is 0.0833. The molecule has 4 rings (SSSR count). The van der Waals surface area contributed by atoms with Gasteiger partial charge in [0, 0.05) is 15.1 Å². The minimum Gasteiger partial charge on any atom is -0.493 e. The number of hydrogen-bond donors (Lipinski definition) is 0. The van der Waals surface area contributed by atoms with Gasteiger partial charge in [-0.3, -0.25) is 0 Å². The van der Waals surface area contributed by atoms with Crippen molar-refractivity contribution in [3.05, 3.63) is 95.1 Å². The maximum Gasteiger partial charge on any atom is 0.363 e. The third-order valence-corrected chi connectivity index (χ3v) is 6.79. The summed E-state index contributed by atoms with van der Waals surface area (Å²) < 4.78 is 18.7. The second-order valence-electron chi connectivity index (χ2n) is 6.87. The van der Waals surface area contributed by atoms with E-state index in [-0.39, 0.29) is 11.6 Å². The Kier molecular flexibility index (Phi) is 7.63. The summed E-state index contributed by atoms with van der Waals surface area (Å²) in [5.74, 6) is 0.710. The first-order valence-electron chi connectivity index (χ1n) is 9.57. The first-order valence-corrected chi connectivity index (χ1v) is 12.2. The van der Waals surface area contributed by atoms with Gasteiger partial charge in [0.05, 0.1) is 21.3 Å². The van der Waals surface area contributed by atoms with E-state index in [9.17, 15) is 4.79 Å². The molecule has 0 saturated heterocycles. The fourth-order valence-corrected chi connectivity index (χ4v) is 4.74. The Morgan fingerprint density at radius 2 is 1.94 bits per heavy atom. The minimum absolute atomic E-state index is 0.128. The average Bonchev–Trinajstić information content (AvgIpc) is 3.13. The molecule has 168 valence electrons. The molecule has 3 aromatic rings. The second-order valence-corrected chi connectivity index (χ2v) is 9.73. The van der Waals surface area contributed by atoms with E-state index in [4.69, 9.17) is 37.4 Å². The van der Waals surface area contributed by atoms with Gasteiger partial charge in [0.1, 0.15) is 6.61 Å². The molecule has 1 heterocycles. The van der Waals surface area contributed by atoms with Crippen molar-refractivity contribution < 1.29 is 19.0 Å². The summed E-state index contributed by atoms with van der Waals surface area (Å²) in [6, 6.07) is 16.4. The third-order valence-electron chi connectivity index (χ3n) is 4.67. The lowest BCUT2D eigenvalue weighted by molar-refractivity contribution is -0.129. The summed E-state index contributed by atoms with van der Waals surface area (Å²) in [6.07, 6.45) is 1.63. The molecular formula is C24H15BrCl2INO4. The number of halogens is 4. The highest BCUT2D eigenvalue weighted by atomic mass is 127. The summed E-state index contributed by atoms with van der Waals surface area (Å²) in [4.78, 5) is 16.7. The Morgan fingerprint density at radius 1 is 1.15 bits per heavy atom. The van der Waals surface area contributed by atoms with E-state index in [0.29, 0.717) is 39.3 Å². The maximum absolute atomic E-state index is 12.4. The molecule has 5 nitrogen and oxygen atoms in total. The standard InChI is InChI=1S/C24H15BrCl2INO4/c1-31-21-10-13(8-19(28)22(21)32-12-14-4-2-3-5-17(14)25)9-20-24(30)33-23(29-20)16-7-6-15(26)11-18(16)27/h2-11H,12H2,1H3/b20-9-. The number of hydrogen-bond acceptors (Lipinski definition) is 5. The molecule has 1 aliphatic heterocycles. The van der Waals surface area contributed by atoms with Crippen LogP contribution in [0.5, 0.6) is 11.5 Å². The number of rotatable bonds is 6. The van der Waals surface area contributed by atoms with Crippen LogP contribution in [0.3, 0.4) is 0 Å². The normalized spacial score (nSPS) is 14.3. The van der Waals surface area contributed by atoms with Crippen LogP contribution in [0.1, 0.15) is 16.7 Å². The molecule has 0 aromatic heterocycles. The number of esters is 1. The van der Waals surface area contributed by atoms with Crippen LogP contribution in [-0.4, -0.2) is 19.0 Å². The van der Waals surface area contributed by atoms with Crippen molar-refractivity contribution in [1.29, 1.82) is 0 Å². The van der Waals surface area contributed by atoms with Crippen molar-refractivity contribution in [3.8, 4) is 11.5 Å². The Hall–Kier alpha value is -2.07. The fourth-order valence-electron chi connectivity index (χ4n) is 3.07. The van der Waals surface area contributed by atoms with E-state index in [1.807, 2.05) is 30.3 Å². The van der Waals surface area contributed by atoms with Crippen LogP contribution in [-0.2, 0) is 16.1 Å². The van der Waals surface area contributed by atoms with Gasteiger partial charge in [-0.1, -0.05) is 57.3 Å². The number of cyclic esters (lactones) is 1. The number of ether oxygens (including phenoxy) is 3. The Balaban J connectivity index is 1.61. The van der Waals surface area contributed by atoms with Gasteiger partial charge in [0.15, 0.2) is 17.2 Å². The van der Waals surface area contributed by atoms with Gasteiger partial charge in [0.25, 0.3) is 0 Å². The van der Waals surface area contributed by atoms with E-state index in [2.05, 4.69) is 43.5 Å². The van der Waals surface area contributed by atoms with Crippen LogP contribution < -0.4 is 9.47 Å². The largest absolute Gasteiger partial charge is 0.493 e. The van der Waals surface area contributed by atoms with Gasteiger partial charge in [-0.15, -0.1) is 0 Å². The summed E-state index contributed by atoms with van der Waals surface area (Å²) in [5, 5.41) is 0.825. The van der Waals surface area contributed by atoms with Gasteiger partial charge < -0.3 is 14.2 Å². The minimum atomic E-state index is -0.570. The molecule has 3 aromatic carbocycles. The van der Waals surface area contributed by atoms with E-state index in [1.165, 1.54) is 0 Å². The van der Waals surface area contributed by atoms with Gasteiger partial charge in [-0.25, -0.2) is 9.79 Å². The summed E-state index contributed by atoms with van der Waals surface area (Å²) in [5.41, 5.74) is 2.36. The van der Waals surface area contributed by atoms with Crippen molar-refractivity contribution in [2.75, 3.05) is 7.11 Å². The molecule has 0 amide bonds. The first-order chi connectivity index (χ1) is 15.9. The zero-order valence-electron chi connectivity index (χ0n) is 17.1. The highest BCUT2D eigenvalue weighted by Crippen LogP contribution is 2.36. The average molecular weight is 659 g/mol. The van der Waals surface area contributed by atoms with Crippen LogP contribution in [0.15, 0.2) is 69.8 Å². The predicted molar refractivity (Wildman–Crippen MR) is 141 cm³/mol. The molecule has 1 aliphatic rings. The molecule has 0 N–H and O–H groups in total. The van der Waals surface area contributed by atoms with Gasteiger partial charge in [-0.2, -0.15) is 0 Å². The van der Waals surface area contributed by atoms with Gasteiger partial charge in [-0.05, 0) is 70.6 Å². The molecule has 9 heteroatoms. The molecule has 0 fully saturated rings. The SMILES string of the molecule is COc1cc(/C=C2\N=C(c3ccc(Cl)cc3Cl)OC2=O)cc(I)c1OCc1ccccc1Br. The summed E-state index contributed by atoms with van der Waals surface area (Å²) in [6.45, 7) is 0.371. The molecule has 33 heavy (non-hydrogen) atoms. The zero-order valence-corrected chi connectivity index (χ0v) is 22.3. The van der Waals surface area contributed by atoms with Crippen molar-refractivity contribution in [1.82, 2.24) is 0 Å². The lowest BCUT2D eigenvalue weighted by Crippen LogP contribution is -2.06. The topological polar surface area (TPSA) is 57.1 Å². The monoisotopic (exact) mass is 657 g/mol. The van der Waals surface area contributed by atoms with Crippen molar-refractivity contribution in [2.24, 2.45) is 4.99 Å².